The van der Waals surface area contributed by atoms with Crippen LogP contribution in [0.5, 0.6) is 0 Å². The number of amides is 3. The molecule has 3 amide bonds. The molecule has 2 aromatic rings. The van der Waals surface area contributed by atoms with Crippen molar-refractivity contribution in [2.75, 3.05) is 19.6 Å². The third kappa shape index (κ3) is 4.76. The van der Waals surface area contributed by atoms with E-state index in [1.54, 1.807) is 0 Å². The minimum Gasteiger partial charge on any atom is -0.354 e. The number of nitrogens with one attached hydrogen (secondary N) is 3. The second-order valence-electron chi connectivity index (χ2n) is 6.13. The van der Waals surface area contributed by atoms with Crippen LogP contribution in [0.1, 0.15) is 20.7 Å². The molecule has 3 N–H and O–H groups in total. The number of hydrogen-bond acceptors (Lipinski definition) is 5. The summed E-state index contributed by atoms with van der Waals surface area (Å²) in [7, 11) is -3.96. The first kappa shape index (κ1) is 20.4. The van der Waals surface area contributed by atoms with Gasteiger partial charge in [-0.3, -0.25) is 25.2 Å². The Labute approximate surface area is 165 Å². The molecule has 1 aliphatic rings. The molecule has 0 spiro atoms. The first-order valence-electron chi connectivity index (χ1n) is 8.50. The van der Waals surface area contributed by atoms with E-state index in [-0.39, 0.29) is 35.7 Å². The molecule has 1 fully saturated rings. The quantitative estimate of drug-likeness (QED) is 0.602. The van der Waals surface area contributed by atoms with Crippen LogP contribution in [0.4, 0.5) is 4.39 Å². The van der Waals surface area contributed by atoms with Gasteiger partial charge in [-0.1, -0.05) is 6.07 Å². The number of nitrogens with zero attached hydrogens (tertiary/aromatic N) is 1. The molecular formula is C18H17FN4O5S. The van der Waals surface area contributed by atoms with Gasteiger partial charge in [0, 0.05) is 24.2 Å². The zero-order valence-electron chi connectivity index (χ0n) is 15.0. The van der Waals surface area contributed by atoms with E-state index in [1.807, 2.05) is 0 Å². The smallest absolute Gasteiger partial charge is 0.269 e. The maximum absolute atomic E-state index is 12.9. The van der Waals surface area contributed by atoms with Crippen molar-refractivity contribution in [1.29, 1.82) is 0 Å². The molecule has 0 aromatic heterocycles. The van der Waals surface area contributed by atoms with Crippen molar-refractivity contribution in [3.8, 4) is 0 Å². The molecule has 1 aliphatic heterocycles. The highest BCUT2D eigenvalue weighted by Crippen LogP contribution is 2.18. The number of hydrazine groups is 1. The summed E-state index contributed by atoms with van der Waals surface area (Å²) in [5.74, 6) is -2.32. The lowest BCUT2D eigenvalue weighted by atomic mass is 10.2. The van der Waals surface area contributed by atoms with E-state index in [9.17, 15) is 27.2 Å². The Morgan fingerprint density at radius 2 is 1.66 bits per heavy atom. The fourth-order valence-electron chi connectivity index (χ4n) is 2.63. The van der Waals surface area contributed by atoms with Gasteiger partial charge in [0.15, 0.2) is 0 Å². The van der Waals surface area contributed by atoms with Crippen LogP contribution in [0, 0.1) is 5.82 Å². The van der Waals surface area contributed by atoms with E-state index in [2.05, 4.69) is 16.2 Å². The lowest BCUT2D eigenvalue weighted by Gasteiger charge is -2.26. The van der Waals surface area contributed by atoms with Crippen LogP contribution in [-0.4, -0.2) is 50.1 Å². The number of sulfonamides is 1. The largest absolute Gasteiger partial charge is 0.354 e. The maximum Gasteiger partial charge on any atom is 0.269 e. The van der Waals surface area contributed by atoms with Crippen LogP contribution in [-0.2, 0) is 14.8 Å². The third-order valence-electron chi connectivity index (χ3n) is 4.13. The number of hydrogen-bond donors (Lipinski definition) is 3. The highest BCUT2D eigenvalue weighted by molar-refractivity contribution is 7.89. The highest BCUT2D eigenvalue weighted by Gasteiger charge is 2.29. The molecule has 152 valence electrons. The molecule has 0 unspecified atom stereocenters. The summed E-state index contributed by atoms with van der Waals surface area (Å²) in [5.41, 5.74) is 4.47. The molecule has 29 heavy (non-hydrogen) atoms. The molecule has 0 atom stereocenters. The Bertz CT molecular complexity index is 1060. The average Bonchev–Trinajstić information content (AvgIpc) is 2.72. The Morgan fingerprint density at radius 3 is 2.31 bits per heavy atom. The van der Waals surface area contributed by atoms with Crippen molar-refractivity contribution in [2.45, 2.75) is 4.90 Å². The van der Waals surface area contributed by atoms with Crippen LogP contribution in [0.15, 0.2) is 53.4 Å². The minimum atomic E-state index is -3.96. The van der Waals surface area contributed by atoms with Crippen molar-refractivity contribution >= 4 is 27.7 Å². The molecule has 3 rings (SSSR count). The predicted octanol–water partition coefficient (Wildman–Crippen LogP) is 0.0210. The van der Waals surface area contributed by atoms with Gasteiger partial charge in [-0.2, -0.15) is 4.31 Å². The van der Waals surface area contributed by atoms with E-state index in [1.165, 1.54) is 30.3 Å². The Hall–Kier alpha value is -3.31. The molecule has 9 nitrogen and oxygen atoms in total. The topological polar surface area (TPSA) is 125 Å². The fourth-order valence-corrected chi connectivity index (χ4v) is 4.07. The monoisotopic (exact) mass is 420 g/mol. The van der Waals surface area contributed by atoms with E-state index >= 15 is 0 Å². The van der Waals surface area contributed by atoms with Crippen molar-refractivity contribution < 1.29 is 27.2 Å². The number of benzene rings is 2. The summed E-state index contributed by atoms with van der Waals surface area (Å²) >= 11 is 0. The number of piperazine rings is 1. The number of carbonyl (C=O) groups is 3. The van der Waals surface area contributed by atoms with Crippen LogP contribution in [0.2, 0.25) is 0 Å². The number of halogens is 1. The maximum atomic E-state index is 12.9. The van der Waals surface area contributed by atoms with Gasteiger partial charge in [0.2, 0.25) is 15.9 Å². The molecule has 0 aliphatic carbocycles. The predicted molar refractivity (Wildman–Crippen MR) is 99.5 cm³/mol. The van der Waals surface area contributed by atoms with Gasteiger partial charge in [-0.05, 0) is 42.5 Å². The van der Waals surface area contributed by atoms with E-state index in [4.69, 9.17) is 0 Å². The van der Waals surface area contributed by atoms with Crippen molar-refractivity contribution in [1.82, 2.24) is 20.5 Å². The fraction of sp³-hybridized carbons (Fsp3) is 0.167. The summed E-state index contributed by atoms with van der Waals surface area (Å²) in [5, 5.41) is 2.54. The van der Waals surface area contributed by atoms with E-state index in [0.717, 1.165) is 22.5 Å². The Kier molecular flexibility index (Phi) is 5.89. The van der Waals surface area contributed by atoms with Gasteiger partial charge in [0.25, 0.3) is 11.8 Å². The first-order valence-corrected chi connectivity index (χ1v) is 9.94. The van der Waals surface area contributed by atoms with Crippen molar-refractivity contribution in [3.63, 3.8) is 0 Å². The van der Waals surface area contributed by atoms with Crippen LogP contribution in [0.25, 0.3) is 0 Å². The lowest BCUT2D eigenvalue weighted by molar-refractivity contribution is -0.122. The average molecular weight is 420 g/mol. The van der Waals surface area contributed by atoms with E-state index < -0.39 is 33.6 Å². The summed E-state index contributed by atoms with van der Waals surface area (Å²) in [6, 6.07) is 9.93. The second kappa shape index (κ2) is 8.37. The van der Waals surface area contributed by atoms with Crippen LogP contribution >= 0.6 is 0 Å². The molecule has 1 saturated heterocycles. The molecule has 1 heterocycles. The summed E-state index contributed by atoms with van der Waals surface area (Å²) in [6.07, 6.45) is 0. The molecule has 2 aromatic carbocycles. The SMILES string of the molecule is O=C1CN(S(=O)(=O)c2cccc(C(=O)NNC(=O)c3ccc(F)cc3)c2)CCN1. The van der Waals surface area contributed by atoms with Gasteiger partial charge in [0.05, 0.1) is 11.4 Å². The Balaban J connectivity index is 1.70. The zero-order chi connectivity index (χ0) is 21.0. The minimum absolute atomic E-state index is 0.00746. The second-order valence-corrected chi connectivity index (χ2v) is 8.07. The zero-order valence-corrected chi connectivity index (χ0v) is 15.8. The Morgan fingerprint density at radius 1 is 1.00 bits per heavy atom. The molecular weight excluding hydrogens is 403 g/mol. The van der Waals surface area contributed by atoms with E-state index in [0.29, 0.717) is 0 Å². The van der Waals surface area contributed by atoms with Crippen molar-refractivity contribution in [2.24, 2.45) is 0 Å². The van der Waals surface area contributed by atoms with Gasteiger partial charge in [-0.15, -0.1) is 0 Å². The number of rotatable bonds is 4. The summed E-state index contributed by atoms with van der Waals surface area (Å²) in [4.78, 5) is 35.6. The molecule has 0 bridgehead atoms. The lowest BCUT2D eigenvalue weighted by Crippen LogP contribution is -2.49. The molecule has 0 radical (unpaired) electrons. The molecule has 0 saturated carbocycles. The normalized spacial score (nSPS) is 14.7. The van der Waals surface area contributed by atoms with Gasteiger partial charge in [-0.25, -0.2) is 12.8 Å². The van der Waals surface area contributed by atoms with Crippen LogP contribution in [0.3, 0.4) is 0 Å². The summed E-state index contributed by atoms with van der Waals surface area (Å²) < 4.78 is 39.3. The third-order valence-corrected chi connectivity index (χ3v) is 5.97. The first-order chi connectivity index (χ1) is 13.8. The van der Waals surface area contributed by atoms with Crippen molar-refractivity contribution in [3.05, 3.63) is 65.5 Å². The number of carbonyl (C=O) groups excluding carboxylic acids is 3. The molecule has 11 heteroatoms. The van der Waals surface area contributed by atoms with Crippen LogP contribution < -0.4 is 16.2 Å². The highest BCUT2D eigenvalue weighted by atomic mass is 32.2. The summed E-state index contributed by atoms with van der Waals surface area (Å²) in [6.45, 7) is 0.0262. The van der Waals surface area contributed by atoms with Gasteiger partial charge >= 0.3 is 0 Å². The van der Waals surface area contributed by atoms with Gasteiger partial charge < -0.3 is 5.32 Å². The van der Waals surface area contributed by atoms with Gasteiger partial charge in [0.1, 0.15) is 5.82 Å². The standard InChI is InChI=1S/C18H17FN4O5S/c19-14-6-4-12(5-7-14)17(25)21-22-18(26)13-2-1-3-15(10-13)29(27,28)23-9-8-20-16(24)11-23/h1-7,10H,8-9,11H2,(H,20,24)(H,21,25)(H,22,26).